The van der Waals surface area contributed by atoms with Crippen molar-refractivity contribution in [2.45, 2.75) is 51.7 Å². The predicted octanol–water partition coefficient (Wildman–Crippen LogP) is 6.24. The number of para-hydroxylation sites is 1. The maximum absolute atomic E-state index is 13.0. The van der Waals surface area contributed by atoms with E-state index in [-0.39, 0.29) is 34.5 Å². The van der Waals surface area contributed by atoms with Gasteiger partial charge in [-0.1, -0.05) is 73.9 Å². The fourth-order valence-electron chi connectivity index (χ4n) is 3.87. The number of aryl methyl sites for hydroxylation is 2. The van der Waals surface area contributed by atoms with Gasteiger partial charge in [-0.3, -0.25) is 9.59 Å². The first kappa shape index (κ1) is 28.0. The van der Waals surface area contributed by atoms with Crippen molar-refractivity contribution in [1.82, 2.24) is 20.1 Å². The van der Waals surface area contributed by atoms with Crippen LogP contribution in [-0.4, -0.2) is 32.3 Å². The quantitative estimate of drug-likeness (QED) is 0.293. The fraction of sp³-hybridized carbons (Fsp3) is 0.385. The number of carbonyl (C=O) groups excluding carboxylic acids is 2. The average molecular weight is 549 g/mol. The topological polar surface area (TPSA) is 88.9 Å². The van der Waals surface area contributed by atoms with E-state index in [1.807, 2.05) is 36.7 Å². The molecule has 7 nitrogen and oxygen atoms in total. The SMILES string of the molecule is CCc1cccc(C)c1NC(=O)CSc1nnc([C@@H](CC(C)C)NC(=O)c2ccc(Cl)cc2Cl)n1C. The molecule has 10 heteroatoms. The van der Waals surface area contributed by atoms with Gasteiger partial charge in [-0.25, -0.2) is 0 Å². The summed E-state index contributed by atoms with van der Waals surface area (Å²) in [5.41, 5.74) is 3.33. The van der Waals surface area contributed by atoms with Gasteiger partial charge in [0.2, 0.25) is 5.91 Å². The van der Waals surface area contributed by atoms with Crippen LogP contribution in [0.5, 0.6) is 0 Å². The number of nitrogens with zero attached hydrogens (tertiary/aromatic N) is 3. The van der Waals surface area contributed by atoms with Crippen molar-refractivity contribution in [3.8, 4) is 0 Å². The van der Waals surface area contributed by atoms with E-state index < -0.39 is 0 Å². The van der Waals surface area contributed by atoms with E-state index in [1.165, 1.54) is 17.8 Å². The lowest BCUT2D eigenvalue weighted by Gasteiger charge is -2.20. The van der Waals surface area contributed by atoms with E-state index in [1.54, 1.807) is 12.1 Å². The number of aromatic nitrogens is 3. The van der Waals surface area contributed by atoms with Gasteiger partial charge in [0.1, 0.15) is 0 Å². The Morgan fingerprint density at radius 2 is 1.89 bits per heavy atom. The summed E-state index contributed by atoms with van der Waals surface area (Å²) < 4.78 is 1.82. The van der Waals surface area contributed by atoms with E-state index in [9.17, 15) is 9.59 Å². The standard InChI is InChI=1S/C26H31Cl2N5O2S/c1-6-17-9-7-8-16(4)23(17)30-22(34)14-36-26-32-31-24(33(26)5)21(12-15(2)3)29-25(35)19-11-10-18(27)13-20(19)28/h7-11,13,15,21H,6,12,14H2,1-5H3,(H,29,35)(H,30,34)/t21-/m1/s1. The summed E-state index contributed by atoms with van der Waals surface area (Å²) in [5.74, 6) is 0.654. The number of nitrogens with one attached hydrogen (secondary N) is 2. The summed E-state index contributed by atoms with van der Waals surface area (Å²) in [6.07, 6.45) is 1.49. The van der Waals surface area contributed by atoms with Gasteiger partial charge in [0.25, 0.3) is 5.91 Å². The molecule has 36 heavy (non-hydrogen) atoms. The number of thioether (sulfide) groups is 1. The molecular formula is C26H31Cl2N5O2S. The minimum atomic E-state index is -0.385. The summed E-state index contributed by atoms with van der Waals surface area (Å²) in [7, 11) is 1.83. The van der Waals surface area contributed by atoms with Crippen molar-refractivity contribution in [1.29, 1.82) is 0 Å². The van der Waals surface area contributed by atoms with E-state index in [0.717, 1.165) is 23.2 Å². The van der Waals surface area contributed by atoms with Crippen LogP contribution in [0.1, 0.15) is 60.5 Å². The molecule has 0 bridgehead atoms. The second kappa shape index (κ2) is 12.6. The largest absolute Gasteiger partial charge is 0.342 e. The number of benzene rings is 2. The summed E-state index contributed by atoms with van der Waals surface area (Å²) in [6, 6.07) is 10.4. The van der Waals surface area contributed by atoms with Gasteiger partial charge in [-0.2, -0.15) is 0 Å². The first-order chi connectivity index (χ1) is 17.1. The number of halogens is 2. The van der Waals surface area contributed by atoms with E-state index >= 15 is 0 Å². The Labute approximate surface area is 226 Å². The maximum Gasteiger partial charge on any atom is 0.253 e. The van der Waals surface area contributed by atoms with Crippen LogP contribution < -0.4 is 10.6 Å². The molecule has 0 spiro atoms. The number of anilines is 1. The van der Waals surface area contributed by atoms with Crippen LogP contribution in [0.15, 0.2) is 41.6 Å². The molecular weight excluding hydrogens is 517 g/mol. The molecule has 0 saturated carbocycles. The van der Waals surface area contributed by atoms with Crippen molar-refractivity contribution < 1.29 is 9.59 Å². The molecule has 0 unspecified atom stereocenters. The normalized spacial score (nSPS) is 12.0. The third-order valence-corrected chi connectivity index (χ3v) is 7.27. The van der Waals surface area contributed by atoms with Crippen molar-refractivity contribution in [2.24, 2.45) is 13.0 Å². The number of hydrogen-bond donors (Lipinski definition) is 2. The molecule has 1 atom stereocenters. The molecule has 0 saturated heterocycles. The zero-order valence-electron chi connectivity index (χ0n) is 21.1. The van der Waals surface area contributed by atoms with Crippen LogP contribution in [0.25, 0.3) is 0 Å². The van der Waals surface area contributed by atoms with E-state index in [0.29, 0.717) is 28.0 Å². The van der Waals surface area contributed by atoms with Gasteiger partial charge in [0, 0.05) is 17.8 Å². The molecule has 0 radical (unpaired) electrons. The molecule has 0 fully saturated rings. The lowest BCUT2D eigenvalue weighted by molar-refractivity contribution is -0.113. The average Bonchev–Trinajstić information content (AvgIpc) is 3.18. The van der Waals surface area contributed by atoms with Crippen LogP contribution in [0.3, 0.4) is 0 Å². The first-order valence-electron chi connectivity index (χ1n) is 11.8. The highest BCUT2D eigenvalue weighted by Crippen LogP contribution is 2.27. The molecule has 1 heterocycles. The van der Waals surface area contributed by atoms with Crippen LogP contribution in [0, 0.1) is 12.8 Å². The Balaban J connectivity index is 1.72. The monoisotopic (exact) mass is 547 g/mol. The molecule has 0 aliphatic heterocycles. The Hall–Kier alpha value is -2.55. The lowest BCUT2D eigenvalue weighted by atomic mass is 10.0. The molecule has 2 amide bonds. The third kappa shape index (κ3) is 7.02. The van der Waals surface area contributed by atoms with Crippen molar-refractivity contribution in [2.75, 3.05) is 11.1 Å². The minimum absolute atomic E-state index is 0.113. The molecule has 192 valence electrons. The van der Waals surface area contributed by atoms with Crippen molar-refractivity contribution in [3.63, 3.8) is 0 Å². The fourth-order valence-corrected chi connectivity index (χ4v) is 5.09. The van der Waals surface area contributed by atoms with Crippen molar-refractivity contribution in [3.05, 3.63) is 69.0 Å². The summed E-state index contributed by atoms with van der Waals surface area (Å²) >= 11 is 13.5. The number of carbonyl (C=O) groups is 2. The van der Waals surface area contributed by atoms with Gasteiger partial charge in [0.15, 0.2) is 11.0 Å². The Morgan fingerprint density at radius 3 is 2.56 bits per heavy atom. The van der Waals surface area contributed by atoms with Crippen molar-refractivity contribution >= 4 is 52.5 Å². The van der Waals surface area contributed by atoms with Crippen LogP contribution in [-0.2, 0) is 18.3 Å². The predicted molar refractivity (Wildman–Crippen MR) is 147 cm³/mol. The Kier molecular flexibility index (Phi) is 9.82. The highest BCUT2D eigenvalue weighted by molar-refractivity contribution is 7.99. The summed E-state index contributed by atoms with van der Waals surface area (Å²) in [6.45, 7) is 8.19. The Bertz CT molecular complexity index is 1250. The number of rotatable bonds is 10. The smallest absolute Gasteiger partial charge is 0.253 e. The number of amides is 2. The van der Waals surface area contributed by atoms with Crippen LogP contribution in [0.4, 0.5) is 5.69 Å². The molecule has 3 rings (SSSR count). The van der Waals surface area contributed by atoms with E-state index in [4.69, 9.17) is 23.2 Å². The number of hydrogen-bond acceptors (Lipinski definition) is 5. The van der Waals surface area contributed by atoms with Gasteiger partial charge in [0.05, 0.1) is 22.4 Å². The summed E-state index contributed by atoms with van der Waals surface area (Å²) in [5, 5.41) is 16.0. The molecule has 2 N–H and O–H groups in total. The first-order valence-corrected chi connectivity index (χ1v) is 13.5. The van der Waals surface area contributed by atoms with E-state index in [2.05, 4.69) is 41.6 Å². The second-order valence-corrected chi connectivity index (χ2v) is 10.8. The van der Waals surface area contributed by atoms with Gasteiger partial charge < -0.3 is 15.2 Å². The maximum atomic E-state index is 13.0. The minimum Gasteiger partial charge on any atom is -0.342 e. The van der Waals surface area contributed by atoms with Crippen LogP contribution >= 0.6 is 35.0 Å². The zero-order valence-corrected chi connectivity index (χ0v) is 23.4. The molecule has 0 aliphatic rings. The lowest BCUT2D eigenvalue weighted by Crippen LogP contribution is -2.31. The van der Waals surface area contributed by atoms with Gasteiger partial charge in [-0.05, 0) is 55.0 Å². The molecule has 2 aromatic carbocycles. The second-order valence-electron chi connectivity index (χ2n) is 8.98. The molecule has 3 aromatic rings. The zero-order chi connectivity index (χ0) is 26.4. The third-order valence-electron chi connectivity index (χ3n) is 5.71. The molecule has 1 aromatic heterocycles. The van der Waals surface area contributed by atoms with Crippen LogP contribution in [0.2, 0.25) is 10.0 Å². The van der Waals surface area contributed by atoms with Gasteiger partial charge >= 0.3 is 0 Å². The molecule has 0 aliphatic carbocycles. The highest BCUT2D eigenvalue weighted by Gasteiger charge is 2.24. The highest BCUT2D eigenvalue weighted by atomic mass is 35.5. The summed E-state index contributed by atoms with van der Waals surface area (Å²) in [4.78, 5) is 25.7. The Morgan fingerprint density at radius 1 is 1.14 bits per heavy atom. The van der Waals surface area contributed by atoms with Gasteiger partial charge in [-0.15, -0.1) is 10.2 Å².